The SMILES string of the molecule is O=[N+]([O-])c1ccc(OCc2cn(CC(O)Cn3cc(COc4ccc([N+](=O)[O-])cc4)nn3)nn2)cc1. The number of benzene rings is 2. The van der Waals surface area contributed by atoms with Crippen molar-refractivity contribution in [3.8, 4) is 11.5 Å². The summed E-state index contributed by atoms with van der Waals surface area (Å²) < 4.78 is 14.0. The molecule has 0 atom stereocenters. The molecule has 0 unspecified atom stereocenters. The van der Waals surface area contributed by atoms with Crippen LogP contribution in [0.15, 0.2) is 60.9 Å². The average Bonchev–Trinajstić information content (AvgIpc) is 3.51. The number of rotatable bonds is 12. The molecule has 0 aliphatic heterocycles. The van der Waals surface area contributed by atoms with E-state index in [2.05, 4.69) is 20.6 Å². The predicted molar refractivity (Wildman–Crippen MR) is 121 cm³/mol. The highest BCUT2D eigenvalue weighted by Gasteiger charge is 2.12. The van der Waals surface area contributed by atoms with Gasteiger partial charge in [0.15, 0.2) is 0 Å². The van der Waals surface area contributed by atoms with Crippen LogP contribution in [0.1, 0.15) is 11.4 Å². The molecule has 36 heavy (non-hydrogen) atoms. The summed E-state index contributed by atoms with van der Waals surface area (Å²) in [5, 5.41) is 47.7. The van der Waals surface area contributed by atoms with Crippen molar-refractivity contribution in [3.05, 3.63) is 92.5 Å². The first kappa shape index (κ1) is 24.2. The highest BCUT2D eigenvalue weighted by Crippen LogP contribution is 2.19. The maximum Gasteiger partial charge on any atom is 0.269 e. The number of nitro benzene ring substituents is 2. The normalized spacial score (nSPS) is 10.9. The Hall–Kier alpha value is -4.92. The summed E-state index contributed by atoms with van der Waals surface area (Å²) in [6, 6.07) is 11.4. The van der Waals surface area contributed by atoms with Crippen LogP contribution in [0.5, 0.6) is 11.5 Å². The zero-order valence-corrected chi connectivity index (χ0v) is 18.7. The highest BCUT2D eigenvalue weighted by molar-refractivity contribution is 5.36. The first-order chi connectivity index (χ1) is 17.4. The molecular formula is C21H20N8O7. The molecular weight excluding hydrogens is 476 g/mol. The molecule has 1 N–H and O–H groups in total. The minimum Gasteiger partial charge on any atom is -0.487 e. The molecule has 0 amide bonds. The maximum absolute atomic E-state index is 10.7. The lowest BCUT2D eigenvalue weighted by Gasteiger charge is -2.09. The molecule has 2 aromatic carbocycles. The fourth-order valence-corrected chi connectivity index (χ4v) is 3.12. The van der Waals surface area contributed by atoms with Crippen LogP contribution in [0.4, 0.5) is 11.4 Å². The van der Waals surface area contributed by atoms with Gasteiger partial charge in [-0.05, 0) is 24.3 Å². The van der Waals surface area contributed by atoms with Crippen LogP contribution in [0.25, 0.3) is 0 Å². The van der Waals surface area contributed by atoms with Crippen molar-refractivity contribution >= 4 is 11.4 Å². The van der Waals surface area contributed by atoms with E-state index in [0.717, 1.165) is 0 Å². The topological polar surface area (TPSA) is 186 Å². The number of hydrogen-bond donors (Lipinski definition) is 1. The van der Waals surface area contributed by atoms with Gasteiger partial charge in [0, 0.05) is 24.3 Å². The van der Waals surface area contributed by atoms with Gasteiger partial charge in [0.2, 0.25) is 0 Å². The Morgan fingerprint density at radius 1 is 0.750 bits per heavy atom. The Labute approximate surface area is 202 Å². The van der Waals surface area contributed by atoms with Gasteiger partial charge < -0.3 is 14.6 Å². The molecule has 0 radical (unpaired) electrons. The Morgan fingerprint density at radius 3 is 1.50 bits per heavy atom. The van der Waals surface area contributed by atoms with E-state index in [9.17, 15) is 25.3 Å². The summed E-state index contributed by atoms with van der Waals surface area (Å²) in [7, 11) is 0. The Morgan fingerprint density at radius 2 is 1.14 bits per heavy atom. The van der Waals surface area contributed by atoms with Gasteiger partial charge in [0.25, 0.3) is 11.4 Å². The third kappa shape index (κ3) is 6.57. The standard InChI is InChI=1S/C21H20N8O7/c30-19(11-26-9-15(22-24-26)13-35-20-5-1-17(2-6-20)28(31)32)12-27-10-16(23-25-27)14-36-21-7-3-18(4-8-21)29(33)34/h1-10,19,30H,11-14H2. The Kier molecular flexibility index (Phi) is 7.40. The summed E-state index contributed by atoms with van der Waals surface area (Å²) in [6.45, 7) is 0.516. The Balaban J connectivity index is 1.22. The van der Waals surface area contributed by atoms with E-state index in [4.69, 9.17) is 9.47 Å². The van der Waals surface area contributed by atoms with E-state index < -0.39 is 16.0 Å². The Bertz CT molecular complexity index is 1220. The van der Waals surface area contributed by atoms with E-state index in [0.29, 0.717) is 22.9 Å². The molecule has 186 valence electrons. The summed E-state index contributed by atoms with van der Waals surface area (Å²) in [5.41, 5.74) is 0.983. The van der Waals surface area contributed by atoms with Crippen LogP contribution < -0.4 is 9.47 Å². The van der Waals surface area contributed by atoms with Crippen molar-refractivity contribution in [2.75, 3.05) is 0 Å². The second-order valence-corrected chi connectivity index (χ2v) is 7.60. The average molecular weight is 496 g/mol. The van der Waals surface area contributed by atoms with Gasteiger partial charge in [0.1, 0.15) is 36.1 Å². The highest BCUT2D eigenvalue weighted by atomic mass is 16.6. The molecule has 0 saturated heterocycles. The van der Waals surface area contributed by atoms with Crippen molar-refractivity contribution in [2.24, 2.45) is 0 Å². The van der Waals surface area contributed by atoms with Crippen molar-refractivity contribution < 1.29 is 24.4 Å². The van der Waals surface area contributed by atoms with E-state index >= 15 is 0 Å². The molecule has 0 aliphatic rings. The number of non-ortho nitro benzene ring substituents is 2. The zero-order valence-electron chi connectivity index (χ0n) is 18.7. The summed E-state index contributed by atoms with van der Waals surface area (Å²) in [5.74, 6) is 0.907. The van der Waals surface area contributed by atoms with Gasteiger partial charge in [-0.25, -0.2) is 9.36 Å². The van der Waals surface area contributed by atoms with E-state index in [-0.39, 0.29) is 37.7 Å². The molecule has 0 saturated carbocycles. The lowest BCUT2D eigenvalue weighted by molar-refractivity contribution is -0.385. The molecule has 2 heterocycles. The van der Waals surface area contributed by atoms with Crippen LogP contribution in [-0.4, -0.2) is 51.0 Å². The minimum absolute atomic E-state index is 0.0289. The van der Waals surface area contributed by atoms with Crippen molar-refractivity contribution in [1.82, 2.24) is 30.0 Å². The molecule has 15 heteroatoms. The van der Waals surface area contributed by atoms with Crippen molar-refractivity contribution in [1.29, 1.82) is 0 Å². The number of aliphatic hydroxyl groups excluding tert-OH is 1. The summed E-state index contributed by atoms with van der Waals surface area (Å²) >= 11 is 0. The number of aliphatic hydroxyl groups is 1. The monoisotopic (exact) mass is 496 g/mol. The molecule has 2 aromatic heterocycles. The van der Waals surface area contributed by atoms with Gasteiger partial charge >= 0.3 is 0 Å². The molecule has 0 spiro atoms. The zero-order chi connectivity index (χ0) is 25.5. The molecule has 4 rings (SSSR count). The lowest BCUT2D eigenvalue weighted by Crippen LogP contribution is -2.22. The van der Waals surface area contributed by atoms with Crippen LogP contribution in [0, 0.1) is 20.2 Å². The van der Waals surface area contributed by atoms with Gasteiger partial charge in [-0.15, -0.1) is 10.2 Å². The molecule has 0 bridgehead atoms. The van der Waals surface area contributed by atoms with E-state index in [1.54, 1.807) is 12.4 Å². The third-order valence-corrected chi connectivity index (χ3v) is 4.84. The smallest absolute Gasteiger partial charge is 0.269 e. The number of ether oxygens (including phenoxy) is 2. The van der Waals surface area contributed by atoms with Crippen LogP contribution in [-0.2, 0) is 26.3 Å². The number of nitro groups is 2. The second kappa shape index (κ2) is 11.0. The largest absolute Gasteiger partial charge is 0.487 e. The van der Waals surface area contributed by atoms with Crippen molar-refractivity contribution in [2.45, 2.75) is 32.4 Å². The van der Waals surface area contributed by atoms with Gasteiger partial charge in [0.05, 0.1) is 41.4 Å². The minimum atomic E-state index is -0.833. The van der Waals surface area contributed by atoms with Gasteiger partial charge in [-0.3, -0.25) is 20.2 Å². The maximum atomic E-state index is 10.7. The molecule has 0 fully saturated rings. The summed E-state index contributed by atoms with van der Waals surface area (Å²) in [6.07, 6.45) is 2.42. The molecule has 15 nitrogen and oxygen atoms in total. The van der Waals surface area contributed by atoms with Crippen LogP contribution in [0.3, 0.4) is 0 Å². The predicted octanol–water partition coefficient (Wildman–Crippen LogP) is 1.91. The fraction of sp³-hybridized carbons (Fsp3) is 0.238. The first-order valence-electron chi connectivity index (χ1n) is 10.6. The van der Waals surface area contributed by atoms with E-state index in [1.807, 2.05) is 0 Å². The fourth-order valence-electron chi connectivity index (χ4n) is 3.12. The quantitative estimate of drug-likeness (QED) is 0.223. The van der Waals surface area contributed by atoms with Gasteiger partial charge in [-0.2, -0.15) is 0 Å². The lowest BCUT2D eigenvalue weighted by atomic mass is 10.3. The van der Waals surface area contributed by atoms with Gasteiger partial charge in [-0.1, -0.05) is 10.4 Å². The molecule has 4 aromatic rings. The van der Waals surface area contributed by atoms with Crippen molar-refractivity contribution in [3.63, 3.8) is 0 Å². The number of aromatic nitrogens is 6. The summed E-state index contributed by atoms with van der Waals surface area (Å²) in [4.78, 5) is 20.4. The van der Waals surface area contributed by atoms with Crippen LogP contribution in [0.2, 0.25) is 0 Å². The molecule has 0 aliphatic carbocycles. The van der Waals surface area contributed by atoms with Crippen LogP contribution >= 0.6 is 0 Å². The first-order valence-corrected chi connectivity index (χ1v) is 10.6. The number of hydrogen-bond acceptors (Lipinski definition) is 11. The third-order valence-electron chi connectivity index (χ3n) is 4.84. The van der Waals surface area contributed by atoms with E-state index in [1.165, 1.54) is 57.9 Å². The second-order valence-electron chi connectivity index (χ2n) is 7.60. The number of nitrogens with zero attached hydrogens (tertiary/aromatic N) is 8.